The summed E-state index contributed by atoms with van der Waals surface area (Å²) >= 11 is 0. The molecule has 0 aliphatic carbocycles. The molecule has 1 saturated heterocycles. The average molecular weight is 271 g/mol. The van der Waals surface area contributed by atoms with Crippen LogP contribution in [0.2, 0.25) is 0 Å². The number of benzene rings is 1. The highest BCUT2D eigenvalue weighted by molar-refractivity contribution is 5.56. The van der Waals surface area contributed by atoms with Gasteiger partial charge in [0.1, 0.15) is 0 Å². The molecule has 1 aromatic heterocycles. The van der Waals surface area contributed by atoms with Crippen LogP contribution in [0.5, 0.6) is 0 Å². The topological polar surface area (TPSA) is 55.3 Å². The van der Waals surface area contributed by atoms with Gasteiger partial charge in [-0.3, -0.25) is 4.90 Å². The first-order valence-corrected chi connectivity index (χ1v) is 7.32. The Morgan fingerprint density at radius 2 is 2.10 bits per heavy atom. The van der Waals surface area contributed by atoms with Gasteiger partial charge in [-0.2, -0.15) is 0 Å². The lowest BCUT2D eigenvalue weighted by Gasteiger charge is -2.34. The van der Waals surface area contributed by atoms with Crippen molar-refractivity contribution in [3.63, 3.8) is 0 Å². The van der Waals surface area contributed by atoms with Crippen molar-refractivity contribution in [2.24, 2.45) is 5.73 Å². The lowest BCUT2D eigenvalue weighted by atomic mass is 10.0. The van der Waals surface area contributed by atoms with E-state index in [9.17, 15) is 0 Å². The first-order chi connectivity index (χ1) is 9.86. The molecule has 1 aromatic carbocycles. The second kappa shape index (κ2) is 6.20. The quantitative estimate of drug-likeness (QED) is 0.929. The third-order valence-electron chi connectivity index (χ3n) is 4.00. The molecule has 1 aliphatic rings. The van der Waals surface area contributed by atoms with Gasteiger partial charge in [-0.1, -0.05) is 41.9 Å². The van der Waals surface area contributed by atoms with Crippen molar-refractivity contribution in [2.75, 3.05) is 13.1 Å². The van der Waals surface area contributed by atoms with Gasteiger partial charge in [0.25, 0.3) is 0 Å². The number of piperidine rings is 1. The molecule has 2 heterocycles. The summed E-state index contributed by atoms with van der Waals surface area (Å²) in [4.78, 5) is 2.43. The van der Waals surface area contributed by atoms with Gasteiger partial charge in [0.05, 0.1) is 5.69 Å². The number of aromatic nitrogens is 1. The first kappa shape index (κ1) is 13.3. The molecule has 4 nitrogen and oxygen atoms in total. The molecule has 1 aliphatic heterocycles. The highest BCUT2D eigenvalue weighted by Crippen LogP contribution is 2.23. The Balaban J connectivity index is 1.71. The normalized spacial score (nSPS) is 20.1. The zero-order valence-electron chi connectivity index (χ0n) is 11.7. The van der Waals surface area contributed by atoms with Crippen LogP contribution in [-0.4, -0.2) is 29.2 Å². The summed E-state index contributed by atoms with van der Waals surface area (Å²) in [6.45, 7) is 2.66. The van der Waals surface area contributed by atoms with Gasteiger partial charge < -0.3 is 10.3 Å². The highest BCUT2D eigenvalue weighted by Gasteiger charge is 2.22. The number of hydrogen-bond donors (Lipinski definition) is 1. The molecule has 3 rings (SSSR count). The van der Waals surface area contributed by atoms with Crippen molar-refractivity contribution >= 4 is 0 Å². The largest absolute Gasteiger partial charge is 0.356 e. The molecule has 1 unspecified atom stereocenters. The summed E-state index contributed by atoms with van der Waals surface area (Å²) in [6, 6.07) is 12.6. The van der Waals surface area contributed by atoms with Crippen LogP contribution in [0.1, 0.15) is 25.0 Å². The van der Waals surface area contributed by atoms with Gasteiger partial charge in [0.15, 0.2) is 5.76 Å². The van der Waals surface area contributed by atoms with E-state index in [-0.39, 0.29) is 0 Å². The SMILES string of the molecule is NCC1CCCCN1Cc1cc(-c2ccccc2)on1. The van der Waals surface area contributed by atoms with Crippen LogP contribution in [0.15, 0.2) is 40.9 Å². The fourth-order valence-corrected chi connectivity index (χ4v) is 2.87. The van der Waals surface area contributed by atoms with Crippen LogP contribution in [0.25, 0.3) is 11.3 Å². The minimum Gasteiger partial charge on any atom is -0.356 e. The standard InChI is InChI=1S/C16H21N3O/c17-11-15-8-4-5-9-19(15)12-14-10-16(20-18-14)13-6-2-1-3-7-13/h1-3,6-7,10,15H,4-5,8-9,11-12,17H2. The second-order valence-corrected chi connectivity index (χ2v) is 5.40. The van der Waals surface area contributed by atoms with Gasteiger partial charge in [-0.25, -0.2) is 0 Å². The smallest absolute Gasteiger partial charge is 0.167 e. The van der Waals surface area contributed by atoms with Crippen LogP contribution in [0.3, 0.4) is 0 Å². The Hall–Kier alpha value is -1.65. The molecule has 4 heteroatoms. The molecule has 1 atom stereocenters. The van der Waals surface area contributed by atoms with Crippen LogP contribution in [0, 0.1) is 0 Å². The predicted octanol–water partition coefficient (Wildman–Crippen LogP) is 2.65. The van der Waals surface area contributed by atoms with E-state index < -0.39 is 0 Å². The maximum atomic E-state index is 5.86. The molecule has 0 saturated carbocycles. The number of rotatable bonds is 4. The molecule has 0 radical (unpaired) electrons. The Morgan fingerprint density at radius 3 is 2.90 bits per heavy atom. The van der Waals surface area contributed by atoms with Crippen molar-refractivity contribution in [2.45, 2.75) is 31.8 Å². The molecule has 0 bridgehead atoms. The van der Waals surface area contributed by atoms with Crippen molar-refractivity contribution in [1.82, 2.24) is 10.1 Å². The summed E-state index contributed by atoms with van der Waals surface area (Å²) in [5, 5.41) is 4.20. The third-order valence-corrected chi connectivity index (χ3v) is 4.00. The number of hydrogen-bond acceptors (Lipinski definition) is 4. The zero-order valence-corrected chi connectivity index (χ0v) is 11.7. The van der Waals surface area contributed by atoms with E-state index in [1.807, 2.05) is 36.4 Å². The molecule has 20 heavy (non-hydrogen) atoms. The van der Waals surface area contributed by atoms with Gasteiger partial charge in [-0.05, 0) is 19.4 Å². The van der Waals surface area contributed by atoms with E-state index in [4.69, 9.17) is 10.3 Å². The first-order valence-electron chi connectivity index (χ1n) is 7.32. The van der Waals surface area contributed by atoms with Gasteiger partial charge in [0.2, 0.25) is 0 Å². The predicted molar refractivity (Wildman–Crippen MR) is 79.0 cm³/mol. The molecule has 0 amide bonds. The summed E-state index contributed by atoms with van der Waals surface area (Å²) in [5.41, 5.74) is 7.92. The molecular formula is C16H21N3O. The van der Waals surface area contributed by atoms with Gasteiger partial charge in [0, 0.05) is 30.8 Å². The summed E-state index contributed by atoms with van der Waals surface area (Å²) in [5.74, 6) is 0.835. The van der Waals surface area contributed by atoms with Crippen molar-refractivity contribution in [1.29, 1.82) is 0 Å². The minimum atomic E-state index is 0.487. The maximum Gasteiger partial charge on any atom is 0.167 e. The average Bonchev–Trinajstić information content (AvgIpc) is 2.97. The van der Waals surface area contributed by atoms with E-state index in [0.29, 0.717) is 6.04 Å². The Bertz CT molecular complexity index is 538. The molecule has 2 aromatic rings. The van der Waals surface area contributed by atoms with Gasteiger partial charge >= 0.3 is 0 Å². The summed E-state index contributed by atoms with van der Waals surface area (Å²) < 4.78 is 5.45. The summed E-state index contributed by atoms with van der Waals surface area (Å²) in [7, 11) is 0. The minimum absolute atomic E-state index is 0.487. The third kappa shape index (κ3) is 2.92. The van der Waals surface area contributed by atoms with Crippen molar-refractivity contribution < 1.29 is 4.52 Å². The fourth-order valence-electron chi connectivity index (χ4n) is 2.87. The van der Waals surface area contributed by atoms with Crippen LogP contribution < -0.4 is 5.73 Å². The molecule has 106 valence electrons. The van der Waals surface area contributed by atoms with E-state index in [0.717, 1.165) is 36.7 Å². The van der Waals surface area contributed by atoms with Crippen LogP contribution >= 0.6 is 0 Å². The van der Waals surface area contributed by atoms with Crippen molar-refractivity contribution in [3.8, 4) is 11.3 Å². The molecule has 2 N–H and O–H groups in total. The number of nitrogens with two attached hydrogens (primary N) is 1. The lowest BCUT2D eigenvalue weighted by molar-refractivity contribution is 0.141. The molecule has 0 spiro atoms. The highest BCUT2D eigenvalue weighted by atomic mass is 16.5. The Morgan fingerprint density at radius 1 is 1.25 bits per heavy atom. The Kier molecular flexibility index (Phi) is 4.14. The molecule has 1 fully saturated rings. The number of likely N-dealkylation sites (tertiary alicyclic amines) is 1. The van der Waals surface area contributed by atoms with Crippen LogP contribution in [-0.2, 0) is 6.54 Å². The number of nitrogens with zero attached hydrogens (tertiary/aromatic N) is 2. The lowest BCUT2D eigenvalue weighted by Crippen LogP contribution is -2.43. The van der Waals surface area contributed by atoms with Gasteiger partial charge in [-0.15, -0.1) is 0 Å². The fraction of sp³-hybridized carbons (Fsp3) is 0.438. The second-order valence-electron chi connectivity index (χ2n) is 5.40. The van der Waals surface area contributed by atoms with E-state index in [2.05, 4.69) is 10.1 Å². The Labute approximate surface area is 119 Å². The van der Waals surface area contributed by atoms with E-state index in [1.165, 1.54) is 19.3 Å². The van der Waals surface area contributed by atoms with Crippen LogP contribution in [0.4, 0.5) is 0 Å². The molecular weight excluding hydrogens is 250 g/mol. The monoisotopic (exact) mass is 271 g/mol. The van der Waals surface area contributed by atoms with E-state index in [1.54, 1.807) is 0 Å². The summed E-state index contributed by atoms with van der Waals surface area (Å²) in [6.07, 6.45) is 3.73. The zero-order chi connectivity index (χ0) is 13.8. The van der Waals surface area contributed by atoms with E-state index >= 15 is 0 Å². The van der Waals surface area contributed by atoms with Crippen molar-refractivity contribution in [3.05, 3.63) is 42.1 Å². The maximum absolute atomic E-state index is 5.86.